The van der Waals surface area contributed by atoms with Crippen LogP contribution in [0.25, 0.3) is 0 Å². The van der Waals surface area contributed by atoms with E-state index >= 15 is 0 Å². The van der Waals surface area contributed by atoms with E-state index in [2.05, 4.69) is 123 Å². The smallest absolute Gasteiger partial charge is 0.0743 e. The van der Waals surface area contributed by atoms with Crippen LogP contribution in [0.2, 0.25) is 0 Å². The van der Waals surface area contributed by atoms with Gasteiger partial charge in [0.25, 0.3) is 0 Å². The van der Waals surface area contributed by atoms with Gasteiger partial charge in [-0.05, 0) is 154 Å². The van der Waals surface area contributed by atoms with Gasteiger partial charge < -0.3 is 5.32 Å². The van der Waals surface area contributed by atoms with Gasteiger partial charge in [-0.25, -0.2) is 0 Å². The van der Waals surface area contributed by atoms with Crippen molar-refractivity contribution in [2.75, 3.05) is 13.3 Å². The molecule has 0 amide bonds. The molecule has 3 heteroatoms. The number of allylic oxidation sites excluding steroid dienone is 1. The zero-order valence-electron chi connectivity index (χ0n) is 34.3. The lowest BCUT2D eigenvalue weighted by atomic mass is 9.45. The molecule has 10 atom stereocenters. The molecule has 4 aliphatic carbocycles. The molecule has 280 valence electrons. The van der Waals surface area contributed by atoms with Gasteiger partial charge in [0.15, 0.2) is 0 Å². The molecular formula is C44H86INS. The zero-order chi connectivity index (χ0) is 35.8. The van der Waals surface area contributed by atoms with Gasteiger partial charge in [0.2, 0.25) is 0 Å². The minimum atomic E-state index is 0. The van der Waals surface area contributed by atoms with Crippen LogP contribution in [-0.4, -0.2) is 16.8 Å². The molecule has 0 aromatic carbocycles. The first kappa shape index (κ1) is 43.9. The summed E-state index contributed by atoms with van der Waals surface area (Å²) in [5.74, 6) is 6.12. The van der Waals surface area contributed by atoms with Crippen molar-refractivity contribution in [2.24, 2.45) is 63.1 Å². The van der Waals surface area contributed by atoms with Gasteiger partial charge in [0.05, 0.1) is 3.55 Å². The maximum Gasteiger partial charge on any atom is 0.0743 e. The number of rotatable bonds is 13. The molecule has 4 aliphatic rings. The topological polar surface area (TPSA) is 12.0 Å². The standard InChI is InChI=1S/C41H74IN.C2H6.CH4S.H2/c1-12-14-29(2)20-25-38(6,7)26-21-30-22-27-40(9)34-23-28-39(8)31(15-13-24-37(3,4)5)16-18-33(39)32(34)17-19-35(40)36(30)41(10,42)43-11;2*1-2;/h19,29-34,36,43H,12-18,20-28H2,1-11H3;1-2H3;2H,1H3;1H. The fourth-order valence-corrected chi connectivity index (χ4v) is 12.3. The van der Waals surface area contributed by atoms with Crippen molar-refractivity contribution in [3.63, 3.8) is 0 Å². The lowest BCUT2D eigenvalue weighted by Gasteiger charge is -2.61. The Bertz CT molecular complexity index is 954. The highest BCUT2D eigenvalue weighted by molar-refractivity contribution is 14.1. The summed E-state index contributed by atoms with van der Waals surface area (Å²) < 4.78 is 0.122. The van der Waals surface area contributed by atoms with Crippen molar-refractivity contribution in [3.8, 4) is 0 Å². The highest BCUT2D eigenvalue weighted by Gasteiger charge is 2.60. The van der Waals surface area contributed by atoms with E-state index in [1.165, 1.54) is 103 Å². The van der Waals surface area contributed by atoms with Gasteiger partial charge >= 0.3 is 0 Å². The number of nitrogens with one attached hydrogen (secondary N) is 1. The van der Waals surface area contributed by atoms with Crippen LogP contribution in [0, 0.1) is 63.1 Å². The van der Waals surface area contributed by atoms with E-state index in [1.54, 1.807) is 6.26 Å². The van der Waals surface area contributed by atoms with Crippen LogP contribution >= 0.6 is 35.2 Å². The van der Waals surface area contributed by atoms with Gasteiger partial charge in [-0.2, -0.15) is 12.6 Å². The summed E-state index contributed by atoms with van der Waals surface area (Å²) >= 11 is 6.34. The molecule has 0 aromatic rings. The van der Waals surface area contributed by atoms with Crippen LogP contribution in [0.5, 0.6) is 0 Å². The molecular weight excluding hydrogens is 701 g/mol. The SMILES string of the molecule is CC.CCCC(C)CCC(C)(C)CCC1CCC2(C)C(=CCC3C2CCC2(C)C(CCCC(C)(C)C)CCC32)C1C(C)(I)NC.CS.[HH]. The van der Waals surface area contributed by atoms with E-state index in [4.69, 9.17) is 0 Å². The number of hydrogen-bond acceptors (Lipinski definition) is 2. The second-order valence-corrected chi connectivity index (χ2v) is 21.4. The van der Waals surface area contributed by atoms with Gasteiger partial charge in [-0.3, -0.25) is 0 Å². The van der Waals surface area contributed by atoms with Gasteiger partial charge in [0, 0.05) is 7.34 Å². The van der Waals surface area contributed by atoms with Crippen molar-refractivity contribution >= 4 is 35.2 Å². The van der Waals surface area contributed by atoms with Crippen LogP contribution in [0.4, 0.5) is 0 Å². The normalized spacial score (nSPS) is 35.4. The van der Waals surface area contributed by atoms with Crippen LogP contribution in [0.1, 0.15) is 187 Å². The van der Waals surface area contributed by atoms with E-state index in [9.17, 15) is 0 Å². The summed E-state index contributed by atoms with van der Waals surface area (Å²) in [5.41, 5.74) is 3.83. The minimum Gasteiger partial charge on any atom is -0.306 e. The van der Waals surface area contributed by atoms with E-state index in [-0.39, 0.29) is 4.97 Å². The van der Waals surface area contributed by atoms with Crippen LogP contribution in [0.3, 0.4) is 0 Å². The molecule has 3 saturated carbocycles. The third kappa shape index (κ3) is 10.7. The highest BCUT2D eigenvalue weighted by Crippen LogP contribution is 2.69. The molecule has 0 spiro atoms. The molecule has 0 aromatic heterocycles. The summed E-state index contributed by atoms with van der Waals surface area (Å²) in [7, 11) is 2.23. The lowest BCUT2D eigenvalue weighted by Crippen LogP contribution is -2.56. The van der Waals surface area contributed by atoms with Crippen LogP contribution in [-0.2, 0) is 0 Å². The molecule has 1 nitrogen and oxygen atoms in total. The van der Waals surface area contributed by atoms with Crippen molar-refractivity contribution in [1.82, 2.24) is 5.32 Å². The fraction of sp³-hybridized carbons (Fsp3) is 0.955. The molecule has 0 radical (unpaired) electrons. The molecule has 10 unspecified atom stereocenters. The van der Waals surface area contributed by atoms with Crippen molar-refractivity contribution in [2.45, 2.75) is 189 Å². The molecule has 47 heavy (non-hydrogen) atoms. The first-order valence-corrected chi connectivity index (χ1v) is 22.5. The Balaban J connectivity index is 0.00000222. The molecule has 0 saturated heterocycles. The van der Waals surface area contributed by atoms with Crippen molar-refractivity contribution < 1.29 is 1.43 Å². The minimum absolute atomic E-state index is 0. The van der Waals surface area contributed by atoms with Crippen LogP contribution in [0.15, 0.2) is 11.6 Å². The Kier molecular flexibility index (Phi) is 17.3. The average Bonchev–Trinajstić information content (AvgIpc) is 3.36. The molecule has 0 bridgehead atoms. The number of fused-ring (bicyclic) bond motifs is 5. The monoisotopic (exact) mass is 788 g/mol. The zero-order valence-corrected chi connectivity index (χ0v) is 37.3. The Morgan fingerprint density at radius 3 is 2.17 bits per heavy atom. The maximum absolute atomic E-state index is 3.84. The van der Waals surface area contributed by atoms with Crippen molar-refractivity contribution in [3.05, 3.63) is 11.6 Å². The molecule has 0 heterocycles. The Labute approximate surface area is 317 Å². The van der Waals surface area contributed by atoms with Gasteiger partial charge in [-0.1, -0.05) is 136 Å². The summed E-state index contributed by atoms with van der Waals surface area (Å²) in [6.45, 7) is 29.2. The van der Waals surface area contributed by atoms with Gasteiger partial charge in [0.1, 0.15) is 0 Å². The van der Waals surface area contributed by atoms with E-state index in [0.29, 0.717) is 27.6 Å². The summed E-state index contributed by atoms with van der Waals surface area (Å²) in [6, 6.07) is 0. The third-order valence-electron chi connectivity index (χ3n) is 14.4. The lowest BCUT2D eigenvalue weighted by molar-refractivity contribution is -0.0546. The predicted molar refractivity (Wildman–Crippen MR) is 227 cm³/mol. The second-order valence-electron chi connectivity index (χ2n) is 19.2. The molecule has 1 N–H and O–H groups in total. The summed E-state index contributed by atoms with van der Waals surface area (Å²) in [5, 5.41) is 3.84. The van der Waals surface area contributed by atoms with E-state index in [0.717, 1.165) is 35.5 Å². The Hall–Kier alpha value is 0.780. The van der Waals surface area contributed by atoms with Crippen molar-refractivity contribution in [1.29, 1.82) is 0 Å². The Morgan fingerprint density at radius 2 is 1.57 bits per heavy atom. The first-order valence-electron chi connectivity index (χ1n) is 20.5. The van der Waals surface area contributed by atoms with E-state index in [1.807, 2.05) is 19.4 Å². The summed E-state index contributed by atoms with van der Waals surface area (Å²) in [6.07, 6.45) is 27.4. The number of alkyl halides is 1. The number of hydrogen-bond donors (Lipinski definition) is 2. The largest absolute Gasteiger partial charge is 0.306 e. The van der Waals surface area contributed by atoms with E-state index < -0.39 is 0 Å². The number of halogens is 1. The molecule has 3 fully saturated rings. The maximum atomic E-state index is 3.84. The molecule has 0 aliphatic heterocycles. The quantitative estimate of drug-likeness (QED) is 0.0623. The summed E-state index contributed by atoms with van der Waals surface area (Å²) in [4.78, 5) is 0. The Morgan fingerprint density at radius 1 is 0.915 bits per heavy atom. The predicted octanol–water partition coefficient (Wildman–Crippen LogP) is 14.8. The number of thiol groups is 1. The van der Waals surface area contributed by atoms with Gasteiger partial charge in [-0.15, -0.1) is 0 Å². The third-order valence-corrected chi connectivity index (χ3v) is 15.6. The molecule has 4 rings (SSSR count). The second kappa shape index (κ2) is 18.5. The highest BCUT2D eigenvalue weighted by atomic mass is 127. The fourth-order valence-electron chi connectivity index (χ4n) is 11.5. The average molecular weight is 788 g/mol. The first-order chi connectivity index (χ1) is 22.0. The van der Waals surface area contributed by atoms with Crippen LogP contribution < -0.4 is 5.32 Å².